The van der Waals surface area contributed by atoms with E-state index < -0.39 is 0 Å². The highest BCUT2D eigenvalue weighted by Gasteiger charge is 2.82. The minimum absolute atomic E-state index is 0.321. The van der Waals surface area contributed by atoms with Crippen LogP contribution in [0.4, 0.5) is 0 Å². The van der Waals surface area contributed by atoms with E-state index in [2.05, 4.69) is 10.2 Å². The minimum atomic E-state index is 0.321. The molecular weight excluding hydrogens is 140 g/mol. The van der Waals surface area contributed by atoms with E-state index in [0.29, 0.717) is 12.1 Å². The molecule has 0 aromatic heterocycles. The SMILES string of the molecule is OCCCNC1C2CC13CN23. The van der Waals surface area contributed by atoms with Crippen molar-refractivity contribution in [1.82, 2.24) is 10.2 Å². The molecule has 4 rings (SSSR count). The van der Waals surface area contributed by atoms with Crippen LogP contribution >= 0.6 is 0 Å². The van der Waals surface area contributed by atoms with Crippen molar-refractivity contribution in [2.75, 3.05) is 19.7 Å². The third-order valence-corrected chi connectivity index (χ3v) is 3.54. The van der Waals surface area contributed by atoms with E-state index in [1.165, 1.54) is 13.0 Å². The highest BCUT2D eigenvalue weighted by Crippen LogP contribution is 2.66. The van der Waals surface area contributed by atoms with Crippen LogP contribution in [0.3, 0.4) is 0 Å². The zero-order valence-electron chi connectivity index (χ0n) is 6.58. The van der Waals surface area contributed by atoms with Crippen molar-refractivity contribution in [3.8, 4) is 0 Å². The number of aliphatic hydroxyl groups is 1. The molecule has 0 radical (unpaired) electrons. The Morgan fingerprint density at radius 3 is 3.00 bits per heavy atom. The van der Waals surface area contributed by atoms with Gasteiger partial charge in [-0.3, -0.25) is 4.90 Å². The lowest BCUT2D eigenvalue weighted by Crippen LogP contribution is -2.76. The van der Waals surface area contributed by atoms with Gasteiger partial charge in [0.25, 0.3) is 0 Å². The topological polar surface area (TPSA) is 35.3 Å². The molecule has 0 amide bonds. The van der Waals surface area contributed by atoms with Crippen molar-refractivity contribution in [1.29, 1.82) is 0 Å². The number of hydrogen-bond acceptors (Lipinski definition) is 3. The summed E-state index contributed by atoms with van der Waals surface area (Å²) in [5.41, 5.74) is 0.639. The monoisotopic (exact) mass is 154 g/mol. The van der Waals surface area contributed by atoms with Crippen molar-refractivity contribution in [3.63, 3.8) is 0 Å². The molecule has 4 aliphatic rings. The molecule has 0 aromatic rings. The number of rotatable bonds is 4. The standard InChI is InChI=1S/C8H14N2O/c11-3-1-2-9-7-6-4-8(7)5-10(6)8/h6-7,9,11H,1-5H2. The van der Waals surface area contributed by atoms with E-state index in [0.717, 1.165) is 25.0 Å². The van der Waals surface area contributed by atoms with Gasteiger partial charge in [-0.2, -0.15) is 0 Å². The Labute approximate surface area is 66.4 Å². The Bertz CT molecular complexity index is 193. The molecule has 1 aliphatic carbocycles. The molecule has 3 heteroatoms. The van der Waals surface area contributed by atoms with Crippen molar-refractivity contribution >= 4 is 0 Å². The summed E-state index contributed by atoms with van der Waals surface area (Å²) in [7, 11) is 0. The van der Waals surface area contributed by atoms with Crippen LogP contribution in [-0.4, -0.2) is 47.3 Å². The molecule has 2 bridgehead atoms. The van der Waals surface area contributed by atoms with Gasteiger partial charge in [-0.05, 0) is 19.4 Å². The van der Waals surface area contributed by atoms with Crippen LogP contribution in [-0.2, 0) is 0 Å². The summed E-state index contributed by atoms with van der Waals surface area (Å²) in [5, 5.41) is 12.1. The second-order valence-electron chi connectivity index (χ2n) is 4.01. The van der Waals surface area contributed by atoms with Gasteiger partial charge in [0.2, 0.25) is 0 Å². The fourth-order valence-electron chi connectivity index (χ4n) is 2.73. The first-order valence-electron chi connectivity index (χ1n) is 4.49. The molecule has 3 nitrogen and oxygen atoms in total. The number of aliphatic hydroxyl groups excluding tert-OH is 1. The van der Waals surface area contributed by atoms with Crippen molar-refractivity contribution in [2.24, 2.45) is 0 Å². The highest BCUT2D eigenvalue weighted by molar-refractivity contribution is 5.41. The molecule has 11 heavy (non-hydrogen) atoms. The molecule has 1 spiro atoms. The van der Waals surface area contributed by atoms with Gasteiger partial charge in [-0.1, -0.05) is 0 Å². The van der Waals surface area contributed by atoms with Crippen LogP contribution in [0, 0.1) is 0 Å². The van der Waals surface area contributed by atoms with Gasteiger partial charge in [0.15, 0.2) is 0 Å². The average Bonchev–Trinajstić information content (AvgIpc) is 2.45. The van der Waals surface area contributed by atoms with Gasteiger partial charge in [-0.15, -0.1) is 0 Å². The Balaban J connectivity index is 1.46. The average molecular weight is 154 g/mol. The Kier molecular flexibility index (Phi) is 1.04. The molecule has 3 aliphatic heterocycles. The molecule has 2 N–H and O–H groups in total. The molecule has 0 aromatic carbocycles. The maximum atomic E-state index is 8.57. The van der Waals surface area contributed by atoms with Crippen LogP contribution in [0.1, 0.15) is 12.8 Å². The summed E-state index contributed by atoms with van der Waals surface area (Å²) in [6.07, 6.45) is 2.34. The number of nitrogens with one attached hydrogen (secondary N) is 1. The Hall–Kier alpha value is -0.120. The van der Waals surface area contributed by atoms with Gasteiger partial charge in [0.05, 0.1) is 5.54 Å². The quantitative estimate of drug-likeness (QED) is 0.410. The van der Waals surface area contributed by atoms with Crippen LogP contribution in [0.15, 0.2) is 0 Å². The van der Waals surface area contributed by atoms with Gasteiger partial charge < -0.3 is 10.4 Å². The predicted molar refractivity (Wildman–Crippen MR) is 41.3 cm³/mol. The first kappa shape index (κ1) is 6.40. The minimum Gasteiger partial charge on any atom is -0.396 e. The normalized spacial score (nSPS) is 55.9. The second kappa shape index (κ2) is 1.79. The summed E-state index contributed by atoms with van der Waals surface area (Å²) in [4.78, 5) is 2.56. The highest BCUT2D eigenvalue weighted by atomic mass is 16.3. The lowest BCUT2D eigenvalue weighted by Gasteiger charge is -2.58. The summed E-state index contributed by atoms with van der Waals surface area (Å²) < 4.78 is 0. The molecule has 3 heterocycles. The van der Waals surface area contributed by atoms with Gasteiger partial charge in [-0.25, -0.2) is 0 Å². The summed E-state index contributed by atoms with van der Waals surface area (Å²) in [5.74, 6) is 0. The molecule has 4 fully saturated rings. The molecular formula is C8H14N2O. The third-order valence-electron chi connectivity index (χ3n) is 3.54. The zero-order chi connectivity index (χ0) is 7.47. The Morgan fingerprint density at radius 2 is 2.55 bits per heavy atom. The molecule has 62 valence electrons. The first-order chi connectivity index (χ1) is 5.38. The van der Waals surface area contributed by atoms with E-state index in [-0.39, 0.29) is 0 Å². The van der Waals surface area contributed by atoms with E-state index in [9.17, 15) is 0 Å². The van der Waals surface area contributed by atoms with E-state index in [4.69, 9.17) is 5.11 Å². The zero-order valence-corrected chi connectivity index (χ0v) is 6.58. The van der Waals surface area contributed by atoms with Crippen LogP contribution in [0.25, 0.3) is 0 Å². The van der Waals surface area contributed by atoms with Gasteiger partial charge in [0.1, 0.15) is 0 Å². The molecule has 3 saturated heterocycles. The predicted octanol–water partition coefficient (Wildman–Crippen LogP) is -0.833. The van der Waals surface area contributed by atoms with Gasteiger partial charge in [0, 0.05) is 25.2 Å². The first-order valence-corrected chi connectivity index (χ1v) is 4.49. The van der Waals surface area contributed by atoms with Gasteiger partial charge >= 0.3 is 0 Å². The molecule has 4 unspecified atom stereocenters. The number of nitrogens with zero attached hydrogens (tertiary/aromatic N) is 1. The smallest absolute Gasteiger partial charge is 0.0524 e. The van der Waals surface area contributed by atoms with Crippen LogP contribution < -0.4 is 5.32 Å². The van der Waals surface area contributed by atoms with Crippen molar-refractivity contribution < 1.29 is 5.11 Å². The largest absolute Gasteiger partial charge is 0.396 e. The Morgan fingerprint density at radius 1 is 1.64 bits per heavy atom. The van der Waals surface area contributed by atoms with Crippen molar-refractivity contribution in [2.45, 2.75) is 30.5 Å². The van der Waals surface area contributed by atoms with Crippen molar-refractivity contribution in [3.05, 3.63) is 0 Å². The second-order valence-corrected chi connectivity index (χ2v) is 4.01. The van der Waals surface area contributed by atoms with E-state index in [1.54, 1.807) is 0 Å². The molecule has 1 saturated carbocycles. The van der Waals surface area contributed by atoms with Crippen LogP contribution in [0.5, 0.6) is 0 Å². The maximum Gasteiger partial charge on any atom is 0.0524 e. The van der Waals surface area contributed by atoms with E-state index >= 15 is 0 Å². The fraction of sp³-hybridized carbons (Fsp3) is 1.00. The number of hydrogen-bond donors (Lipinski definition) is 2. The maximum absolute atomic E-state index is 8.57. The third kappa shape index (κ3) is 0.567. The summed E-state index contributed by atoms with van der Waals surface area (Å²) >= 11 is 0. The molecule has 4 atom stereocenters. The van der Waals surface area contributed by atoms with E-state index in [1.807, 2.05) is 0 Å². The lowest BCUT2D eigenvalue weighted by atomic mass is 9.66. The summed E-state index contributed by atoms with van der Waals surface area (Å²) in [6.45, 7) is 2.66. The fourth-order valence-corrected chi connectivity index (χ4v) is 2.73. The summed E-state index contributed by atoms with van der Waals surface area (Å²) in [6, 6.07) is 1.66. The van der Waals surface area contributed by atoms with Crippen LogP contribution in [0.2, 0.25) is 0 Å². The lowest BCUT2D eigenvalue weighted by molar-refractivity contribution is -0.0332.